The van der Waals surface area contributed by atoms with Gasteiger partial charge in [-0.25, -0.2) is 4.39 Å². The number of nitrogens with zero attached hydrogens (tertiary/aromatic N) is 1. The second kappa shape index (κ2) is 5.50. The quantitative estimate of drug-likeness (QED) is 0.871. The van der Waals surface area contributed by atoms with Crippen LogP contribution in [0, 0.1) is 18.7 Å². The number of aliphatic hydroxyl groups excluding tert-OH is 1. The first-order valence-corrected chi connectivity index (χ1v) is 6.02. The van der Waals surface area contributed by atoms with Crippen LogP contribution in [0.5, 0.6) is 0 Å². The first-order chi connectivity index (χ1) is 7.82. The van der Waals surface area contributed by atoms with E-state index in [9.17, 15) is 9.50 Å². The van der Waals surface area contributed by atoms with Crippen LogP contribution in [0.25, 0.3) is 0 Å². The minimum Gasteiger partial charge on any atom is -0.389 e. The maximum atomic E-state index is 13.5. The van der Waals surface area contributed by atoms with Crippen molar-refractivity contribution in [3.05, 3.63) is 29.1 Å². The average Bonchev–Trinajstić information content (AvgIpc) is 2.19. The van der Waals surface area contributed by atoms with Gasteiger partial charge in [-0.05, 0) is 37.5 Å². The number of hydrogen-bond donors (Lipinski definition) is 1. The van der Waals surface area contributed by atoms with Crippen LogP contribution in [-0.2, 0) is 0 Å². The summed E-state index contributed by atoms with van der Waals surface area (Å²) in [4.78, 5) is 2.07. The molecule has 3 heteroatoms. The van der Waals surface area contributed by atoms with E-state index in [1.807, 2.05) is 7.05 Å². The Morgan fingerprint density at radius 1 is 1.29 bits per heavy atom. The highest BCUT2D eigenvalue weighted by Crippen LogP contribution is 2.29. The molecule has 0 fully saturated rings. The Morgan fingerprint density at radius 3 is 2.35 bits per heavy atom. The normalized spacial score (nSPS) is 12.9. The van der Waals surface area contributed by atoms with Gasteiger partial charge in [0.1, 0.15) is 5.82 Å². The zero-order valence-electron chi connectivity index (χ0n) is 11.3. The lowest BCUT2D eigenvalue weighted by atomic mass is 10.0. The van der Waals surface area contributed by atoms with E-state index in [4.69, 9.17) is 0 Å². The maximum absolute atomic E-state index is 13.5. The first-order valence-electron chi connectivity index (χ1n) is 6.02. The lowest BCUT2D eigenvalue weighted by Gasteiger charge is -2.26. The largest absolute Gasteiger partial charge is 0.389 e. The van der Waals surface area contributed by atoms with Crippen LogP contribution in [0.4, 0.5) is 10.1 Å². The second-order valence-corrected chi connectivity index (χ2v) is 5.11. The molecule has 0 saturated heterocycles. The monoisotopic (exact) mass is 239 g/mol. The molecule has 1 rings (SSSR count). The van der Waals surface area contributed by atoms with Crippen molar-refractivity contribution >= 4 is 5.69 Å². The number of hydrogen-bond acceptors (Lipinski definition) is 2. The van der Waals surface area contributed by atoms with Crippen LogP contribution in [0.3, 0.4) is 0 Å². The van der Waals surface area contributed by atoms with Crippen LogP contribution in [0.2, 0.25) is 0 Å². The molecular formula is C14H22FNO. The third-order valence-corrected chi connectivity index (χ3v) is 2.81. The number of rotatable bonds is 4. The number of benzene rings is 1. The summed E-state index contributed by atoms with van der Waals surface area (Å²) >= 11 is 0. The Labute approximate surface area is 103 Å². The van der Waals surface area contributed by atoms with Crippen LogP contribution in [0.1, 0.15) is 38.0 Å². The molecule has 1 aromatic rings. The minimum atomic E-state index is -0.658. The van der Waals surface area contributed by atoms with Crippen molar-refractivity contribution in [2.75, 3.05) is 18.5 Å². The molecule has 0 aliphatic heterocycles. The Balaban J connectivity index is 3.16. The average molecular weight is 239 g/mol. The van der Waals surface area contributed by atoms with Crippen molar-refractivity contribution in [2.24, 2.45) is 5.92 Å². The van der Waals surface area contributed by atoms with Crippen molar-refractivity contribution in [3.63, 3.8) is 0 Å². The number of halogens is 1. The molecular weight excluding hydrogens is 217 g/mol. The smallest absolute Gasteiger partial charge is 0.126 e. The fraction of sp³-hybridized carbons (Fsp3) is 0.571. The first kappa shape index (κ1) is 14.0. The fourth-order valence-electron chi connectivity index (χ4n) is 1.99. The van der Waals surface area contributed by atoms with Crippen LogP contribution in [-0.4, -0.2) is 18.7 Å². The van der Waals surface area contributed by atoms with Gasteiger partial charge in [0.15, 0.2) is 0 Å². The van der Waals surface area contributed by atoms with Gasteiger partial charge in [0.25, 0.3) is 0 Å². The summed E-state index contributed by atoms with van der Waals surface area (Å²) in [7, 11) is 1.97. The van der Waals surface area contributed by atoms with E-state index in [0.29, 0.717) is 17.0 Å². The summed E-state index contributed by atoms with van der Waals surface area (Å²) in [5, 5.41) is 9.71. The zero-order chi connectivity index (χ0) is 13.2. The zero-order valence-corrected chi connectivity index (χ0v) is 11.3. The lowest BCUT2D eigenvalue weighted by Crippen LogP contribution is -2.24. The molecule has 17 heavy (non-hydrogen) atoms. The molecule has 1 N–H and O–H groups in total. The molecule has 0 amide bonds. The van der Waals surface area contributed by atoms with Gasteiger partial charge in [-0.15, -0.1) is 0 Å². The van der Waals surface area contributed by atoms with Gasteiger partial charge in [-0.3, -0.25) is 0 Å². The molecule has 1 aromatic carbocycles. The van der Waals surface area contributed by atoms with Crippen LogP contribution in [0.15, 0.2) is 12.1 Å². The van der Waals surface area contributed by atoms with Crippen molar-refractivity contribution in [1.82, 2.24) is 0 Å². The standard InChI is InChI=1S/C14H22FNO/c1-9(2)8-16(5)14-6-10(3)13(15)7-12(14)11(4)17/h6-7,9,11,17H,8H2,1-5H3/t11-/m1/s1. The Morgan fingerprint density at radius 2 is 1.88 bits per heavy atom. The Hall–Kier alpha value is -1.09. The molecule has 0 heterocycles. The lowest BCUT2D eigenvalue weighted by molar-refractivity contribution is 0.199. The molecule has 96 valence electrons. The summed E-state index contributed by atoms with van der Waals surface area (Å²) in [5.41, 5.74) is 2.17. The molecule has 0 aromatic heterocycles. The summed E-state index contributed by atoms with van der Waals surface area (Å²) in [6, 6.07) is 3.24. The Bertz CT molecular complexity index is 388. The molecule has 0 saturated carbocycles. The minimum absolute atomic E-state index is 0.261. The van der Waals surface area contributed by atoms with Crippen molar-refractivity contribution in [1.29, 1.82) is 0 Å². The highest BCUT2D eigenvalue weighted by Gasteiger charge is 2.15. The summed E-state index contributed by atoms with van der Waals surface area (Å²) in [6.45, 7) is 8.55. The fourth-order valence-corrected chi connectivity index (χ4v) is 1.99. The summed E-state index contributed by atoms with van der Waals surface area (Å²) in [6.07, 6.45) is -0.658. The van der Waals surface area contributed by atoms with E-state index in [1.54, 1.807) is 19.9 Å². The molecule has 0 bridgehead atoms. The number of anilines is 1. The third kappa shape index (κ3) is 3.43. The third-order valence-electron chi connectivity index (χ3n) is 2.81. The molecule has 0 unspecified atom stereocenters. The van der Waals surface area contributed by atoms with E-state index in [2.05, 4.69) is 18.7 Å². The molecule has 0 spiro atoms. The van der Waals surface area contributed by atoms with E-state index in [-0.39, 0.29) is 5.82 Å². The van der Waals surface area contributed by atoms with Crippen LogP contribution < -0.4 is 4.90 Å². The summed E-state index contributed by atoms with van der Waals surface area (Å²) in [5.74, 6) is 0.259. The molecule has 1 atom stereocenters. The van der Waals surface area contributed by atoms with Gasteiger partial charge in [-0.1, -0.05) is 13.8 Å². The highest BCUT2D eigenvalue weighted by molar-refractivity contribution is 5.56. The van der Waals surface area contributed by atoms with Gasteiger partial charge in [0.05, 0.1) is 6.10 Å². The van der Waals surface area contributed by atoms with Gasteiger partial charge < -0.3 is 10.0 Å². The predicted molar refractivity (Wildman–Crippen MR) is 69.9 cm³/mol. The SMILES string of the molecule is Cc1cc(N(C)CC(C)C)c([C@@H](C)O)cc1F. The van der Waals surface area contributed by atoms with E-state index >= 15 is 0 Å². The van der Waals surface area contributed by atoms with E-state index < -0.39 is 6.10 Å². The Kier molecular flexibility index (Phi) is 4.52. The van der Waals surface area contributed by atoms with Crippen molar-refractivity contribution < 1.29 is 9.50 Å². The molecule has 0 radical (unpaired) electrons. The topological polar surface area (TPSA) is 23.5 Å². The number of aliphatic hydroxyl groups is 1. The molecule has 2 nitrogen and oxygen atoms in total. The number of aryl methyl sites for hydroxylation is 1. The van der Waals surface area contributed by atoms with Gasteiger partial charge in [0.2, 0.25) is 0 Å². The van der Waals surface area contributed by atoms with Gasteiger partial charge >= 0.3 is 0 Å². The molecule has 0 aliphatic rings. The van der Waals surface area contributed by atoms with Crippen molar-refractivity contribution in [2.45, 2.75) is 33.8 Å². The van der Waals surface area contributed by atoms with E-state index in [0.717, 1.165) is 12.2 Å². The molecule has 0 aliphatic carbocycles. The second-order valence-electron chi connectivity index (χ2n) is 5.11. The van der Waals surface area contributed by atoms with Crippen molar-refractivity contribution in [3.8, 4) is 0 Å². The maximum Gasteiger partial charge on any atom is 0.126 e. The predicted octanol–water partition coefficient (Wildman–Crippen LogP) is 3.28. The van der Waals surface area contributed by atoms with E-state index in [1.165, 1.54) is 6.07 Å². The highest BCUT2D eigenvalue weighted by atomic mass is 19.1. The van der Waals surface area contributed by atoms with Gasteiger partial charge in [0, 0.05) is 24.8 Å². The summed E-state index contributed by atoms with van der Waals surface area (Å²) < 4.78 is 13.5. The van der Waals surface area contributed by atoms with Crippen LogP contribution >= 0.6 is 0 Å². The van der Waals surface area contributed by atoms with Gasteiger partial charge in [-0.2, -0.15) is 0 Å².